The second-order valence-corrected chi connectivity index (χ2v) is 6.94. The molecule has 0 bridgehead atoms. The van der Waals surface area contributed by atoms with E-state index in [1.165, 1.54) is 5.56 Å². The normalized spacial score (nSPS) is 10.6. The Bertz CT molecular complexity index is 812. The third-order valence-corrected chi connectivity index (χ3v) is 4.83. The third-order valence-electron chi connectivity index (χ3n) is 3.87. The van der Waals surface area contributed by atoms with Gasteiger partial charge in [-0.05, 0) is 31.0 Å². The van der Waals surface area contributed by atoms with Crippen LogP contribution in [0.1, 0.15) is 27.5 Å². The van der Waals surface area contributed by atoms with Gasteiger partial charge in [-0.3, -0.25) is 9.78 Å². The number of hydrogen-bond donors (Lipinski definition) is 1. The first-order valence-corrected chi connectivity index (χ1v) is 9.22. The zero-order valence-corrected chi connectivity index (χ0v) is 15.1. The lowest BCUT2D eigenvalue weighted by Gasteiger charge is -2.04. The molecule has 25 heavy (non-hydrogen) atoms. The maximum Gasteiger partial charge on any atom is 0.226 e. The van der Waals surface area contributed by atoms with Crippen LogP contribution in [0.2, 0.25) is 0 Å². The van der Waals surface area contributed by atoms with Gasteiger partial charge in [-0.1, -0.05) is 35.9 Å². The predicted octanol–water partition coefficient (Wildman–Crippen LogP) is 3.49. The molecule has 3 rings (SSSR count). The SMILES string of the molecule is Cc1ccc(CNC(=O)Cc2csc(CCc3ccccn3)n2)cc1. The molecule has 0 aliphatic heterocycles. The molecular weight excluding hydrogens is 330 g/mol. The molecule has 1 amide bonds. The van der Waals surface area contributed by atoms with Crippen molar-refractivity contribution in [3.63, 3.8) is 0 Å². The molecule has 3 aromatic rings. The standard InChI is InChI=1S/C20H21N3OS/c1-15-5-7-16(8-6-15)13-22-19(24)12-18-14-25-20(23-18)10-9-17-4-2-3-11-21-17/h2-8,11,14H,9-10,12-13H2,1H3,(H,22,24). The highest BCUT2D eigenvalue weighted by Gasteiger charge is 2.08. The monoisotopic (exact) mass is 351 g/mol. The Hall–Kier alpha value is -2.53. The number of carbonyl (C=O) groups is 1. The number of carbonyl (C=O) groups excluding carboxylic acids is 1. The molecule has 2 heterocycles. The molecule has 128 valence electrons. The zero-order valence-electron chi connectivity index (χ0n) is 14.2. The molecule has 0 spiro atoms. The van der Waals surface area contributed by atoms with Crippen molar-refractivity contribution in [3.05, 3.63) is 81.6 Å². The van der Waals surface area contributed by atoms with Gasteiger partial charge in [0, 0.05) is 30.2 Å². The fourth-order valence-corrected chi connectivity index (χ4v) is 3.26. The molecular formula is C20H21N3OS. The van der Waals surface area contributed by atoms with Gasteiger partial charge < -0.3 is 5.32 Å². The highest BCUT2D eigenvalue weighted by Crippen LogP contribution is 2.13. The van der Waals surface area contributed by atoms with Crippen LogP contribution in [0, 0.1) is 6.92 Å². The average Bonchev–Trinajstić information content (AvgIpc) is 3.08. The Morgan fingerprint density at radius 3 is 2.68 bits per heavy atom. The van der Waals surface area contributed by atoms with Crippen molar-refractivity contribution in [2.75, 3.05) is 0 Å². The van der Waals surface area contributed by atoms with Crippen molar-refractivity contribution in [1.82, 2.24) is 15.3 Å². The lowest BCUT2D eigenvalue weighted by molar-refractivity contribution is -0.120. The highest BCUT2D eigenvalue weighted by atomic mass is 32.1. The average molecular weight is 351 g/mol. The van der Waals surface area contributed by atoms with E-state index >= 15 is 0 Å². The van der Waals surface area contributed by atoms with E-state index in [0.717, 1.165) is 34.8 Å². The summed E-state index contributed by atoms with van der Waals surface area (Å²) in [6.07, 6.45) is 3.85. The lowest BCUT2D eigenvalue weighted by atomic mass is 10.1. The Morgan fingerprint density at radius 1 is 1.08 bits per heavy atom. The minimum absolute atomic E-state index is 0.00199. The molecule has 0 radical (unpaired) electrons. The molecule has 0 fully saturated rings. The lowest BCUT2D eigenvalue weighted by Crippen LogP contribution is -2.24. The van der Waals surface area contributed by atoms with Gasteiger partial charge in [-0.15, -0.1) is 11.3 Å². The number of nitrogens with zero attached hydrogens (tertiary/aromatic N) is 2. The quantitative estimate of drug-likeness (QED) is 0.709. The molecule has 1 N–H and O–H groups in total. The number of thiazole rings is 1. The molecule has 1 aromatic carbocycles. The first-order chi connectivity index (χ1) is 12.2. The number of aromatic nitrogens is 2. The van der Waals surface area contributed by atoms with E-state index in [1.54, 1.807) is 17.5 Å². The maximum absolute atomic E-state index is 12.1. The van der Waals surface area contributed by atoms with Crippen LogP contribution in [0.25, 0.3) is 0 Å². The number of aryl methyl sites for hydroxylation is 3. The Morgan fingerprint density at radius 2 is 1.92 bits per heavy atom. The first kappa shape index (κ1) is 17.3. The van der Waals surface area contributed by atoms with Crippen LogP contribution in [0.5, 0.6) is 0 Å². The second-order valence-electron chi connectivity index (χ2n) is 5.99. The Kier molecular flexibility index (Phi) is 5.90. The zero-order chi connectivity index (χ0) is 17.5. The highest BCUT2D eigenvalue weighted by molar-refractivity contribution is 7.09. The van der Waals surface area contributed by atoms with Gasteiger partial charge in [0.25, 0.3) is 0 Å². The molecule has 0 unspecified atom stereocenters. The van der Waals surface area contributed by atoms with Crippen LogP contribution in [-0.2, 0) is 30.6 Å². The van der Waals surface area contributed by atoms with Crippen molar-refractivity contribution in [2.24, 2.45) is 0 Å². The van der Waals surface area contributed by atoms with Gasteiger partial charge >= 0.3 is 0 Å². The van der Waals surface area contributed by atoms with E-state index in [1.807, 2.05) is 35.7 Å². The van der Waals surface area contributed by atoms with E-state index in [2.05, 4.69) is 34.3 Å². The van der Waals surface area contributed by atoms with Crippen LogP contribution in [0.15, 0.2) is 54.0 Å². The van der Waals surface area contributed by atoms with Crippen LogP contribution in [0.3, 0.4) is 0 Å². The van der Waals surface area contributed by atoms with E-state index in [4.69, 9.17) is 0 Å². The molecule has 0 aliphatic rings. The van der Waals surface area contributed by atoms with Gasteiger partial charge in [0.2, 0.25) is 5.91 Å². The van der Waals surface area contributed by atoms with Crippen molar-refractivity contribution in [1.29, 1.82) is 0 Å². The van der Waals surface area contributed by atoms with Crippen LogP contribution < -0.4 is 5.32 Å². The smallest absolute Gasteiger partial charge is 0.226 e. The number of benzene rings is 1. The van der Waals surface area contributed by atoms with E-state index in [-0.39, 0.29) is 5.91 Å². The summed E-state index contributed by atoms with van der Waals surface area (Å²) in [5.41, 5.74) is 4.22. The number of rotatable bonds is 7. The van der Waals surface area contributed by atoms with E-state index < -0.39 is 0 Å². The summed E-state index contributed by atoms with van der Waals surface area (Å²) in [4.78, 5) is 21.0. The molecule has 2 aromatic heterocycles. The fourth-order valence-electron chi connectivity index (χ4n) is 2.46. The molecule has 0 atom stereocenters. The molecule has 4 nitrogen and oxygen atoms in total. The predicted molar refractivity (Wildman–Crippen MR) is 100 cm³/mol. The third kappa shape index (κ3) is 5.50. The minimum atomic E-state index is 0.00199. The van der Waals surface area contributed by atoms with Gasteiger partial charge in [0.05, 0.1) is 17.1 Å². The van der Waals surface area contributed by atoms with Crippen molar-refractivity contribution >= 4 is 17.2 Å². The number of pyridine rings is 1. The van der Waals surface area contributed by atoms with Crippen LogP contribution in [0.4, 0.5) is 0 Å². The van der Waals surface area contributed by atoms with Crippen LogP contribution in [-0.4, -0.2) is 15.9 Å². The largest absolute Gasteiger partial charge is 0.352 e. The van der Waals surface area contributed by atoms with E-state index in [9.17, 15) is 4.79 Å². The van der Waals surface area contributed by atoms with Crippen molar-refractivity contribution in [2.45, 2.75) is 32.7 Å². The van der Waals surface area contributed by atoms with Gasteiger partial charge in [-0.2, -0.15) is 0 Å². The number of nitrogens with one attached hydrogen (secondary N) is 1. The van der Waals surface area contributed by atoms with Crippen molar-refractivity contribution < 1.29 is 4.79 Å². The minimum Gasteiger partial charge on any atom is -0.352 e. The van der Waals surface area contributed by atoms with Crippen LogP contribution >= 0.6 is 11.3 Å². The van der Waals surface area contributed by atoms with Gasteiger partial charge in [0.1, 0.15) is 0 Å². The molecule has 0 saturated carbocycles. The molecule has 5 heteroatoms. The summed E-state index contributed by atoms with van der Waals surface area (Å²) in [5.74, 6) is 0.00199. The Balaban J connectivity index is 1.45. The first-order valence-electron chi connectivity index (χ1n) is 8.34. The van der Waals surface area contributed by atoms with Gasteiger partial charge in [-0.25, -0.2) is 4.98 Å². The Labute approximate surface area is 152 Å². The topological polar surface area (TPSA) is 54.9 Å². The van der Waals surface area contributed by atoms with Gasteiger partial charge in [0.15, 0.2) is 0 Å². The molecule has 0 saturated heterocycles. The number of hydrogen-bond acceptors (Lipinski definition) is 4. The number of amides is 1. The summed E-state index contributed by atoms with van der Waals surface area (Å²) in [7, 11) is 0. The van der Waals surface area contributed by atoms with Crippen molar-refractivity contribution in [3.8, 4) is 0 Å². The summed E-state index contributed by atoms with van der Waals surface area (Å²) in [5, 5.41) is 5.97. The summed E-state index contributed by atoms with van der Waals surface area (Å²) >= 11 is 1.61. The fraction of sp³-hybridized carbons (Fsp3) is 0.250. The summed E-state index contributed by atoms with van der Waals surface area (Å²) < 4.78 is 0. The maximum atomic E-state index is 12.1. The van der Waals surface area contributed by atoms with E-state index in [0.29, 0.717) is 13.0 Å². The summed E-state index contributed by atoms with van der Waals surface area (Å²) in [6, 6.07) is 14.1. The second kappa shape index (κ2) is 8.53. The summed E-state index contributed by atoms with van der Waals surface area (Å²) in [6.45, 7) is 2.60. The molecule has 0 aliphatic carbocycles.